The fraction of sp³-hybridized carbons (Fsp3) is 0.552. The van der Waals surface area contributed by atoms with Crippen LogP contribution in [0.2, 0.25) is 0 Å². The Hall–Kier alpha value is -2.13. The van der Waals surface area contributed by atoms with Crippen molar-refractivity contribution >= 4 is 5.97 Å². The molecule has 5 rings (SSSR count). The minimum absolute atomic E-state index is 0.0617. The van der Waals surface area contributed by atoms with Gasteiger partial charge in [-0.3, -0.25) is 0 Å². The van der Waals surface area contributed by atoms with Crippen molar-refractivity contribution in [3.05, 3.63) is 71.3 Å². The van der Waals surface area contributed by atoms with Crippen molar-refractivity contribution < 1.29 is 14.0 Å². The summed E-state index contributed by atoms with van der Waals surface area (Å²) in [5.74, 6) is 0.614. The Bertz CT molecular complexity index is 887. The third-order valence-electron chi connectivity index (χ3n) is 8.76. The first kappa shape index (κ1) is 21.7. The van der Waals surface area contributed by atoms with Crippen molar-refractivity contribution in [2.75, 3.05) is 6.54 Å². The lowest BCUT2D eigenvalue weighted by Gasteiger charge is -2.49. The van der Waals surface area contributed by atoms with Crippen LogP contribution >= 0.6 is 0 Å². The minimum atomic E-state index is -0.162. The van der Waals surface area contributed by atoms with Crippen LogP contribution in [0, 0.1) is 0 Å². The van der Waals surface area contributed by atoms with Gasteiger partial charge in [0.1, 0.15) is 12.6 Å². The molecule has 2 aromatic carbocycles. The van der Waals surface area contributed by atoms with E-state index in [9.17, 15) is 4.79 Å². The topological polar surface area (TPSA) is 26.3 Å². The van der Waals surface area contributed by atoms with Gasteiger partial charge in [0, 0.05) is 31.2 Å². The van der Waals surface area contributed by atoms with Crippen LogP contribution in [0.3, 0.4) is 0 Å². The number of carbonyl (C=O) groups excluding carboxylic acids is 1. The van der Waals surface area contributed by atoms with Crippen LogP contribution in [0.1, 0.15) is 92.1 Å². The van der Waals surface area contributed by atoms with Crippen molar-refractivity contribution in [1.82, 2.24) is 0 Å². The maximum absolute atomic E-state index is 12.6. The van der Waals surface area contributed by atoms with Crippen LogP contribution in [0.5, 0.6) is 0 Å². The van der Waals surface area contributed by atoms with E-state index in [1.165, 1.54) is 61.5 Å². The quantitative estimate of drug-likeness (QED) is 0.379. The van der Waals surface area contributed by atoms with Gasteiger partial charge in [-0.15, -0.1) is 0 Å². The zero-order valence-electron chi connectivity index (χ0n) is 19.5. The molecular formula is C29H38NO2+. The molecule has 0 radical (unpaired) electrons. The number of fused-ring (bicyclic) bond motifs is 2. The number of esters is 1. The fourth-order valence-corrected chi connectivity index (χ4v) is 7.00. The van der Waals surface area contributed by atoms with Crippen LogP contribution in [0.4, 0.5) is 0 Å². The second-order valence-electron chi connectivity index (χ2n) is 10.4. The number of rotatable bonds is 6. The Labute approximate surface area is 193 Å². The van der Waals surface area contributed by atoms with Gasteiger partial charge >= 0.3 is 5.97 Å². The number of quaternary nitrogens is 1. The first-order valence-corrected chi connectivity index (χ1v) is 12.9. The molecule has 2 aliphatic heterocycles. The Kier molecular flexibility index (Phi) is 6.37. The maximum atomic E-state index is 12.6. The van der Waals surface area contributed by atoms with Gasteiger partial charge in [0.25, 0.3) is 0 Å². The molecule has 2 aromatic rings. The number of ether oxygens (including phenoxy) is 1. The zero-order chi connectivity index (χ0) is 22.0. The molecule has 2 heterocycles. The van der Waals surface area contributed by atoms with Gasteiger partial charge in [-0.1, -0.05) is 61.7 Å². The number of hydrogen-bond donors (Lipinski definition) is 0. The number of carbonyl (C=O) groups is 1. The largest absolute Gasteiger partial charge is 0.458 e. The summed E-state index contributed by atoms with van der Waals surface area (Å²) in [6.45, 7) is 4.65. The number of benzene rings is 2. The van der Waals surface area contributed by atoms with Crippen molar-refractivity contribution in [1.29, 1.82) is 0 Å². The van der Waals surface area contributed by atoms with Crippen LogP contribution in [0.15, 0.2) is 54.6 Å². The third-order valence-corrected chi connectivity index (χ3v) is 8.76. The minimum Gasteiger partial charge on any atom is -0.458 e. The average Bonchev–Trinajstić information content (AvgIpc) is 3.02. The second-order valence-corrected chi connectivity index (χ2v) is 10.4. The molecule has 170 valence electrons. The average molecular weight is 433 g/mol. The van der Waals surface area contributed by atoms with E-state index in [2.05, 4.69) is 31.2 Å². The summed E-state index contributed by atoms with van der Waals surface area (Å²) in [7, 11) is 0. The zero-order valence-corrected chi connectivity index (χ0v) is 19.5. The number of hydrogen-bond acceptors (Lipinski definition) is 2. The van der Waals surface area contributed by atoms with Crippen LogP contribution < -0.4 is 0 Å². The van der Waals surface area contributed by atoms with Gasteiger partial charge in [0.2, 0.25) is 0 Å². The lowest BCUT2D eigenvalue weighted by molar-refractivity contribution is -0.977. The standard InChI is InChI=1S/C29H38NO2/c1-2-30(21-22-13-15-24(16-14-22)23-9-5-3-6-10-23)26-17-18-27(30)20-28(19-26)32-29(31)25-11-7-4-8-12-25/h4,7-8,11-16,23,26-28H,2-3,5-6,9-10,17-21H2,1H3/q+1. The lowest BCUT2D eigenvalue weighted by Crippen LogP contribution is -2.60. The van der Waals surface area contributed by atoms with Gasteiger partial charge in [-0.05, 0) is 43.4 Å². The summed E-state index contributed by atoms with van der Waals surface area (Å²) in [6.07, 6.45) is 11.5. The van der Waals surface area contributed by atoms with Crippen molar-refractivity contribution in [3.63, 3.8) is 0 Å². The summed E-state index contributed by atoms with van der Waals surface area (Å²) in [4.78, 5) is 12.6. The SMILES string of the molecule is CC[N+]1(Cc2ccc(C3CCCCC3)cc2)C2CCC1CC(OC(=O)c1ccccc1)C2. The fourth-order valence-electron chi connectivity index (χ4n) is 7.00. The molecule has 2 atom stereocenters. The summed E-state index contributed by atoms with van der Waals surface area (Å²) < 4.78 is 7.16. The highest BCUT2D eigenvalue weighted by Crippen LogP contribution is 2.45. The molecule has 3 fully saturated rings. The normalized spacial score (nSPS) is 30.2. The van der Waals surface area contributed by atoms with E-state index in [4.69, 9.17) is 4.74 Å². The smallest absolute Gasteiger partial charge is 0.338 e. The molecule has 0 spiro atoms. The van der Waals surface area contributed by atoms with E-state index in [-0.39, 0.29) is 12.1 Å². The number of piperidine rings is 1. The molecule has 0 amide bonds. The monoisotopic (exact) mass is 432 g/mol. The first-order valence-electron chi connectivity index (χ1n) is 12.9. The molecule has 2 bridgehead atoms. The van der Waals surface area contributed by atoms with Crippen LogP contribution in [-0.2, 0) is 11.3 Å². The molecule has 2 unspecified atom stereocenters. The summed E-state index contributed by atoms with van der Waals surface area (Å²) in [5.41, 5.74) is 3.69. The Balaban J connectivity index is 1.25. The van der Waals surface area contributed by atoms with E-state index in [1.807, 2.05) is 30.3 Å². The van der Waals surface area contributed by atoms with Gasteiger partial charge in [-0.25, -0.2) is 4.79 Å². The molecule has 1 aliphatic carbocycles. The van der Waals surface area contributed by atoms with Gasteiger partial charge in [0.15, 0.2) is 0 Å². The molecule has 1 saturated carbocycles. The highest BCUT2D eigenvalue weighted by atomic mass is 16.5. The molecule has 0 N–H and O–H groups in total. The van der Waals surface area contributed by atoms with Crippen LogP contribution in [-0.4, -0.2) is 35.2 Å². The summed E-state index contributed by atoms with van der Waals surface area (Å²) in [5, 5.41) is 0. The number of nitrogens with zero attached hydrogens (tertiary/aromatic N) is 1. The molecule has 2 saturated heterocycles. The third kappa shape index (κ3) is 4.24. The molecule has 3 nitrogen and oxygen atoms in total. The van der Waals surface area contributed by atoms with Gasteiger partial charge < -0.3 is 9.22 Å². The van der Waals surface area contributed by atoms with Crippen molar-refractivity contribution in [3.8, 4) is 0 Å². The summed E-state index contributed by atoms with van der Waals surface area (Å²) >= 11 is 0. The van der Waals surface area contributed by atoms with E-state index >= 15 is 0 Å². The van der Waals surface area contributed by atoms with Gasteiger partial charge in [0.05, 0.1) is 24.2 Å². The molecular weight excluding hydrogens is 394 g/mol. The first-order chi connectivity index (χ1) is 15.7. The molecule has 3 aliphatic rings. The van der Waals surface area contributed by atoms with Crippen molar-refractivity contribution in [2.24, 2.45) is 0 Å². The predicted octanol–water partition coefficient (Wildman–Crippen LogP) is 6.62. The second kappa shape index (κ2) is 9.39. The van der Waals surface area contributed by atoms with E-state index in [0.717, 1.165) is 25.3 Å². The maximum Gasteiger partial charge on any atom is 0.338 e. The summed E-state index contributed by atoms with van der Waals surface area (Å²) in [6, 6.07) is 20.3. The molecule has 32 heavy (non-hydrogen) atoms. The van der Waals surface area contributed by atoms with E-state index < -0.39 is 0 Å². The highest BCUT2D eigenvalue weighted by Gasteiger charge is 2.53. The highest BCUT2D eigenvalue weighted by molar-refractivity contribution is 5.89. The molecule has 0 aromatic heterocycles. The Morgan fingerprint density at radius 1 is 0.875 bits per heavy atom. The van der Waals surface area contributed by atoms with E-state index in [1.54, 1.807) is 5.56 Å². The van der Waals surface area contributed by atoms with Crippen LogP contribution in [0.25, 0.3) is 0 Å². The predicted molar refractivity (Wildman–Crippen MR) is 128 cm³/mol. The van der Waals surface area contributed by atoms with Gasteiger partial charge in [-0.2, -0.15) is 0 Å². The molecule has 3 heteroatoms. The van der Waals surface area contributed by atoms with E-state index in [0.29, 0.717) is 17.6 Å². The lowest BCUT2D eigenvalue weighted by atomic mass is 9.84. The Morgan fingerprint density at radius 3 is 2.16 bits per heavy atom. The Morgan fingerprint density at radius 2 is 1.53 bits per heavy atom. The van der Waals surface area contributed by atoms with Crippen molar-refractivity contribution in [2.45, 2.75) is 95.4 Å².